The molecule has 94 valence electrons. The van der Waals surface area contributed by atoms with Crippen molar-refractivity contribution in [3.8, 4) is 0 Å². The SMILES string of the molecule is CCCCN(CC)c1ccc(C(N)=S)c(C)c1. The smallest absolute Gasteiger partial charge is 0.104 e. The molecule has 1 aromatic rings. The second-order valence-electron chi connectivity index (χ2n) is 4.30. The molecule has 0 bridgehead atoms. The van der Waals surface area contributed by atoms with E-state index in [1.807, 2.05) is 6.07 Å². The first kappa shape index (κ1) is 14.0. The fraction of sp³-hybridized carbons (Fsp3) is 0.500. The summed E-state index contributed by atoms with van der Waals surface area (Å²) in [5.74, 6) is 0. The van der Waals surface area contributed by atoms with Gasteiger partial charge in [0.05, 0.1) is 0 Å². The van der Waals surface area contributed by atoms with E-state index in [1.54, 1.807) is 0 Å². The van der Waals surface area contributed by atoms with E-state index in [0.717, 1.165) is 24.2 Å². The summed E-state index contributed by atoms with van der Waals surface area (Å²) in [6.45, 7) is 8.61. The Morgan fingerprint density at radius 2 is 2.06 bits per heavy atom. The Kier molecular flexibility index (Phi) is 5.42. The van der Waals surface area contributed by atoms with E-state index in [2.05, 4.69) is 37.8 Å². The molecule has 0 saturated heterocycles. The molecule has 3 heteroatoms. The lowest BCUT2D eigenvalue weighted by molar-refractivity contribution is 0.732. The van der Waals surface area contributed by atoms with Crippen LogP contribution in [0.2, 0.25) is 0 Å². The molecule has 0 heterocycles. The van der Waals surface area contributed by atoms with Gasteiger partial charge in [0.15, 0.2) is 0 Å². The van der Waals surface area contributed by atoms with Crippen LogP contribution in [-0.2, 0) is 0 Å². The van der Waals surface area contributed by atoms with Crippen LogP contribution in [0.1, 0.15) is 37.8 Å². The predicted molar refractivity (Wildman–Crippen MR) is 79.9 cm³/mol. The van der Waals surface area contributed by atoms with Crippen molar-refractivity contribution in [2.75, 3.05) is 18.0 Å². The summed E-state index contributed by atoms with van der Waals surface area (Å²) < 4.78 is 0. The molecule has 0 unspecified atom stereocenters. The zero-order chi connectivity index (χ0) is 12.8. The third-order valence-electron chi connectivity index (χ3n) is 3.00. The van der Waals surface area contributed by atoms with Gasteiger partial charge in [0.2, 0.25) is 0 Å². The molecule has 17 heavy (non-hydrogen) atoms. The van der Waals surface area contributed by atoms with E-state index in [0.29, 0.717) is 4.99 Å². The molecule has 1 aromatic carbocycles. The van der Waals surface area contributed by atoms with Crippen LogP contribution in [-0.4, -0.2) is 18.1 Å². The molecule has 0 fully saturated rings. The van der Waals surface area contributed by atoms with Crippen molar-refractivity contribution in [3.63, 3.8) is 0 Å². The second kappa shape index (κ2) is 6.60. The standard InChI is InChI=1S/C14H22N2S/c1-4-6-9-16(5-2)12-7-8-13(14(15)17)11(3)10-12/h7-8,10H,4-6,9H2,1-3H3,(H2,15,17). The number of rotatable bonds is 6. The number of unbranched alkanes of at least 4 members (excludes halogenated alkanes) is 1. The van der Waals surface area contributed by atoms with Crippen LogP contribution in [0.5, 0.6) is 0 Å². The topological polar surface area (TPSA) is 29.3 Å². The summed E-state index contributed by atoms with van der Waals surface area (Å²) in [5, 5.41) is 0. The second-order valence-corrected chi connectivity index (χ2v) is 4.74. The highest BCUT2D eigenvalue weighted by Crippen LogP contribution is 2.19. The minimum atomic E-state index is 0.477. The van der Waals surface area contributed by atoms with Gasteiger partial charge >= 0.3 is 0 Å². The Hall–Kier alpha value is -1.09. The lowest BCUT2D eigenvalue weighted by Gasteiger charge is -2.23. The highest BCUT2D eigenvalue weighted by molar-refractivity contribution is 7.80. The van der Waals surface area contributed by atoms with Crippen molar-refractivity contribution in [1.82, 2.24) is 0 Å². The van der Waals surface area contributed by atoms with Crippen molar-refractivity contribution in [1.29, 1.82) is 0 Å². The van der Waals surface area contributed by atoms with Gasteiger partial charge in [0.1, 0.15) is 4.99 Å². The molecular formula is C14H22N2S. The Labute approximate surface area is 110 Å². The molecular weight excluding hydrogens is 228 g/mol. The number of thiocarbonyl (C=S) groups is 1. The molecule has 0 saturated carbocycles. The minimum absolute atomic E-state index is 0.477. The molecule has 0 aromatic heterocycles. The Morgan fingerprint density at radius 1 is 1.35 bits per heavy atom. The van der Waals surface area contributed by atoms with Crippen molar-refractivity contribution in [2.24, 2.45) is 5.73 Å². The summed E-state index contributed by atoms with van der Waals surface area (Å²) >= 11 is 5.02. The van der Waals surface area contributed by atoms with E-state index in [4.69, 9.17) is 18.0 Å². The van der Waals surface area contributed by atoms with E-state index in [-0.39, 0.29) is 0 Å². The molecule has 1 rings (SSSR count). The van der Waals surface area contributed by atoms with Crippen molar-refractivity contribution in [3.05, 3.63) is 29.3 Å². The van der Waals surface area contributed by atoms with Crippen molar-refractivity contribution in [2.45, 2.75) is 33.6 Å². The maximum absolute atomic E-state index is 5.67. The van der Waals surface area contributed by atoms with Gasteiger partial charge in [-0.05, 0) is 44.0 Å². The number of hydrogen-bond donors (Lipinski definition) is 1. The Bertz CT molecular complexity index is 388. The van der Waals surface area contributed by atoms with Crippen LogP contribution < -0.4 is 10.6 Å². The van der Waals surface area contributed by atoms with Gasteiger partial charge in [-0.1, -0.05) is 25.6 Å². The van der Waals surface area contributed by atoms with Gasteiger partial charge in [-0.25, -0.2) is 0 Å². The number of anilines is 1. The molecule has 0 radical (unpaired) electrons. The quantitative estimate of drug-likeness (QED) is 0.786. The highest BCUT2D eigenvalue weighted by atomic mass is 32.1. The van der Waals surface area contributed by atoms with Gasteiger partial charge in [-0.2, -0.15) is 0 Å². The van der Waals surface area contributed by atoms with Crippen molar-refractivity contribution >= 4 is 22.9 Å². The van der Waals surface area contributed by atoms with Gasteiger partial charge in [-0.15, -0.1) is 0 Å². The fourth-order valence-electron chi connectivity index (χ4n) is 1.94. The van der Waals surface area contributed by atoms with Gasteiger partial charge in [0.25, 0.3) is 0 Å². The number of hydrogen-bond acceptors (Lipinski definition) is 2. The maximum atomic E-state index is 5.67. The monoisotopic (exact) mass is 250 g/mol. The third kappa shape index (κ3) is 3.70. The van der Waals surface area contributed by atoms with E-state index < -0.39 is 0 Å². The Morgan fingerprint density at radius 3 is 2.53 bits per heavy atom. The lowest BCUT2D eigenvalue weighted by atomic mass is 10.1. The molecule has 0 atom stereocenters. The summed E-state index contributed by atoms with van der Waals surface area (Å²) in [4.78, 5) is 2.87. The summed E-state index contributed by atoms with van der Waals surface area (Å²) in [6.07, 6.45) is 2.45. The zero-order valence-corrected chi connectivity index (χ0v) is 11.8. The van der Waals surface area contributed by atoms with Gasteiger partial charge in [0, 0.05) is 24.3 Å². The molecule has 2 nitrogen and oxygen atoms in total. The highest BCUT2D eigenvalue weighted by Gasteiger charge is 2.07. The lowest BCUT2D eigenvalue weighted by Crippen LogP contribution is -2.24. The van der Waals surface area contributed by atoms with Gasteiger partial charge in [-0.3, -0.25) is 0 Å². The van der Waals surface area contributed by atoms with Crippen molar-refractivity contribution < 1.29 is 0 Å². The maximum Gasteiger partial charge on any atom is 0.104 e. The Balaban J connectivity index is 2.90. The van der Waals surface area contributed by atoms with E-state index in [9.17, 15) is 0 Å². The number of benzene rings is 1. The first-order valence-corrected chi connectivity index (χ1v) is 6.66. The van der Waals surface area contributed by atoms with Crippen LogP contribution in [0.4, 0.5) is 5.69 Å². The molecule has 0 aliphatic heterocycles. The number of aryl methyl sites for hydroxylation is 1. The first-order chi connectivity index (χ1) is 8.10. The molecule has 0 aliphatic rings. The molecule has 0 aliphatic carbocycles. The summed E-state index contributed by atoms with van der Waals surface area (Å²) in [6, 6.07) is 6.32. The normalized spacial score (nSPS) is 10.3. The largest absolute Gasteiger partial charge is 0.389 e. The zero-order valence-electron chi connectivity index (χ0n) is 11.0. The molecule has 0 amide bonds. The average molecular weight is 250 g/mol. The van der Waals surface area contributed by atoms with Crippen LogP contribution in [0, 0.1) is 6.92 Å². The number of nitrogens with zero attached hydrogens (tertiary/aromatic N) is 1. The summed E-state index contributed by atoms with van der Waals surface area (Å²) in [7, 11) is 0. The fourth-order valence-corrected chi connectivity index (χ4v) is 2.17. The number of nitrogens with two attached hydrogens (primary N) is 1. The third-order valence-corrected chi connectivity index (χ3v) is 3.22. The first-order valence-electron chi connectivity index (χ1n) is 6.25. The molecule has 0 spiro atoms. The average Bonchev–Trinajstić information content (AvgIpc) is 2.29. The van der Waals surface area contributed by atoms with E-state index >= 15 is 0 Å². The van der Waals surface area contributed by atoms with Gasteiger partial charge < -0.3 is 10.6 Å². The van der Waals surface area contributed by atoms with E-state index in [1.165, 1.54) is 18.5 Å². The predicted octanol–water partition coefficient (Wildman–Crippen LogP) is 3.26. The van der Waals surface area contributed by atoms with Crippen LogP contribution >= 0.6 is 12.2 Å². The van der Waals surface area contributed by atoms with Crippen LogP contribution in [0.15, 0.2) is 18.2 Å². The minimum Gasteiger partial charge on any atom is -0.389 e. The summed E-state index contributed by atoms with van der Waals surface area (Å²) in [5.41, 5.74) is 9.07. The van der Waals surface area contributed by atoms with Crippen LogP contribution in [0.25, 0.3) is 0 Å². The molecule has 2 N–H and O–H groups in total. The van der Waals surface area contributed by atoms with Crippen LogP contribution in [0.3, 0.4) is 0 Å².